The fourth-order valence-electron chi connectivity index (χ4n) is 1.45. The van der Waals surface area contributed by atoms with Crippen LogP contribution in [0.5, 0.6) is 0 Å². The molecule has 0 radical (unpaired) electrons. The summed E-state index contributed by atoms with van der Waals surface area (Å²) >= 11 is 4.66. The summed E-state index contributed by atoms with van der Waals surface area (Å²) in [5, 5.41) is 9.03. The number of anilines is 1. The van der Waals surface area contributed by atoms with E-state index in [1.807, 2.05) is 6.26 Å². The standard InChI is InChI=1S/C10H11N5S3/c1-16-9-14-15-10(18-9)17-7-4-6(11)12-8(13-7)5-2-3-5/h4-5H,2-3H2,1H3,(H2,11,12,13). The Morgan fingerprint density at radius 3 is 2.72 bits per heavy atom. The Morgan fingerprint density at radius 2 is 2.06 bits per heavy atom. The molecule has 0 aromatic carbocycles. The minimum Gasteiger partial charge on any atom is -0.384 e. The average Bonchev–Trinajstić information content (AvgIpc) is 3.10. The van der Waals surface area contributed by atoms with E-state index in [0.717, 1.165) is 19.5 Å². The van der Waals surface area contributed by atoms with Gasteiger partial charge in [0.15, 0.2) is 8.68 Å². The van der Waals surface area contributed by atoms with Crippen LogP contribution < -0.4 is 5.73 Å². The van der Waals surface area contributed by atoms with Gasteiger partial charge < -0.3 is 5.73 Å². The fraction of sp³-hybridized carbons (Fsp3) is 0.400. The molecule has 5 nitrogen and oxygen atoms in total. The predicted molar refractivity (Wildman–Crippen MR) is 74.2 cm³/mol. The maximum Gasteiger partial charge on any atom is 0.181 e. The zero-order valence-corrected chi connectivity index (χ0v) is 12.1. The summed E-state index contributed by atoms with van der Waals surface area (Å²) in [6.07, 6.45) is 4.33. The maximum absolute atomic E-state index is 5.81. The summed E-state index contributed by atoms with van der Waals surface area (Å²) in [6.45, 7) is 0. The number of rotatable bonds is 4. The van der Waals surface area contributed by atoms with Gasteiger partial charge in [-0.15, -0.1) is 10.2 Å². The van der Waals surface area contributed by atoms with Crippen molar-refractivity contribution in [3.63, 3.8) is 0 Å². The molecule has 0 spiro atoms. The van der Waals surface area contributed by atoms with Crippen LogP contribution in [-0.2, 0) is 0 Å². The molecule has 1 aliphatic carbocycles. The fourth-order valence-corrected chi connectivity index (χ4v) is 3.85. The zero-order chi connectivity index (χ0) is 12.5. The van der Waals surface area contributed by atoms with Crippen molar-refractivity contribution in [2.75, 3.05) is 12.0 Å². The molecule has 2 aromatic heterocycles. The normalized spacial score (nSPS) is 14.9. The third-order valence-electron chi connectivity index (χ3n) is 2.44. The van der Waals surface area contributed by atoms with Crippen LogP contribution in [0.15, 0.2) is 19.8 Å². The molecular weight excluding hydrogens is 286 g/mol. The molecule has 1 saturated carbocycles. The summed E-state index contributed by atoms with van der Waals surface area (Å²) in [4.78, 5) is 8.81. The lowest BCUT2D eigenvalue weighted by Gasteiger charge is -2.02. The lowest BCUT2D eigenvalue weighted by molar-refractivity contribution is 0.881. The molecule has 18 heavy (non-hydrogen) atoms. The Morgan fingerprint density at radius 1 is 1.28 bits per heavy atom. The van der Waals surface area contributed by atoms with Crippen LogP contribution in [0.4, 0.5) is 5.82 Å². The highest BCUT2D eigenvalue weighted by Crippen LogP contribution is 2.40. The first-order chi connectivity index (χ1) is 8.74. The molecule has 0 saturated heterocycles. The largest absolute Gasteiger partial charge is 0.384 e. The highest BCUT2D eigenvalue weighted by molar-refractivity contribution is 8.02. The first kappa shape index (κ1) is 12.2. The van der Waals surface area contributed by atoms with Gasteiger partial charge in [-0.05, 0) is 30.9 Å². The SMILES string of the molecule is CSc1nnc(Sc2cc(N)nc(C3CC3)n2)s1. The monoisotopic (exact) mass is 297 g/mol. The van der Waals surface area contributed by atoms with E-state index in [0.29, 0.717) is 11.7 Å². The van der Waals surface area contributed by atoms with Gasteiger partial charge in [-0.2, -0.15) is 0 Å². The number of thioether (sulfide) groups is 1. The Kier molecular flexibility index (Phi) is 3.40. The minimum absolute atomic E-state index is 0.504. The predicted octanol–water partition coefficient (Wildman–Crippen LogP) is 2.66. The van der Waals surface area contributed by atoms with Gasteiger partial charge in [0.25, 0.3) is 0 Å². The van der Waals surface area contributed by atoms with Gasteiger partial charge in [-0.25, -0.2) is 9.97 Å². The van der Waals surface area contributed by atoms with E-state index in [1.165, 1.54) is 24.6 Å². The Hall–Kier alpha value is -0.860. The van der Waals surface area contributed by atoms with E-state index < -0.39 is 0 Å². The third-order valence-corrected chi connectivity index (χ3v) is 5.30. The molecule has 2 N–H and O–H groups in total. The summed E-state index contributed by atoms with van der Waals surface area (Å²) in [7, 11) is 0. The third kappa shape index (κ3) is 2.76. The summed E-state index contributed by atoms with van der Waals surface area (Å²) in [5.41, 5.74) is 5.81. The molecular formula is C10H11N5S3. The highest BCUT2D eigenvalue weighted by Gasteiger charge is 2.27. The van der Waals surface area contributed by atoms with Gasteiger partial charge >= 0.3 is 0 Å². The van der Waals surface area contributed by atoms with Crippen molar-refractivity contribution >= 4 is 40.7 Å². The number of aromatic nitrogens is 4. The van der Waals surface area contributed by atoms with Gasteiger partial charge in [0, 0.05) is 12.0 Å². The van der Waals surface area contributed by atoms with Crippen LogP contribution in [0.25, 0.3) is 0 Å². The van der Waals surface area contributed by atoms with E-state index in [1.54, 1.807) is 29.2 Å². The lowest BCUT2D eigenvalue weighted by Crippen LogP contribution is -1.99. The van der Waals surface area contributed by atoms with E-state index in [9.17, 15) is 0 Å². The molecule has 2 heterocycles. The molecule has 0 bridgehead atoms. The molecule has 0 amide bonds. The number of hydrogen-bond donors (Lipinski definition) is 1. The molecule has 2 aromatic rings. The lowest BCUT2D eigenvalue weighted by atomic mass is 10.4. The Balaban J connectivity index is 1.82. The quantitative estimate of drug-likeness (QED) is 0.686. The van der Waals surface area contributed by atoms with Gasteiger partial charge in [0.05, 0.1) is 0 Å². The second-order valence-electron chi connectivity index (χ2n) is 3.90. The number of nitrogens with two attached hydrogens (primary N) is 1. The molecule has 0 unspecified atom stereocenters. The van der Waals surface area contributed by atoms with Crippen molar-refractivity contribution in [1.82, 2.24) is 20.2 Å². The summed E-state index contributed by atoms with van der Waals surface area (Å²) < 4.78 is 1.85. The van der Waals surface area contributed by atoms with Gasteiger partial charge in [0.1, 0.15) is 16.7 Å². The second-order valence-corrected chi connectivity index (χ2v) is 7.20. The maximum atomic E-state index is 5.81. The van der Waals surface area contributed by atoms with E-state index in [4.69, 9.17) is 5.73 Å². The Labute approximate surface area is 117 Å². The topological polar surface area (TPSA) is 77.6 Å². The molecule has 94 valence electrons. The van der Waals surface area contributed by atoms with E-state index in [2.05, 4.69) is 20.2 Å². The smallest absolute Gasteiger partial charge is 0.181 e. The zero-order valence-electron chi connectivity index (χ0n) is 9.66. The van der Waals surface area contributed by atoms with Gasteiger partial charge in [-0.3, -0.25) is 0 Å². The van der Waals surface area contributed by atoms with Crippen LogP contribution in [-0.4, -0.2) is 26.4 Å². The highest BCUT2D eigenvalue weighted by atomic mass is 32.2. The average molecular weight is 297 g/mol. The van der Waals surface area contributed by atoms with Crippen LogP contribution in [0.3, 0.4) is 0 Å². The molecule has 8 heteroatoms. The van der Waals surface area contributed by atoms with Crippen LogP contribution >= 0.6 is 34.9 Å². The van der Waals surface area contributed by atoms with Crippen LogP contribution in [0, 0.1) is 0 Å². The first-order valence-corrected chi connectivity index (χ1v) is 8.30. The van der Waals surface area contributed by atoms with Crippen molar-refractivity contribution in [2.24, 2.45) is 0 Å². The van der Waals surface area contributed by atoms with Gasteiger partial charge in [-0.1, -0.05) is 23.1 Å². The van der Waals surface area contributed by atoms with Crippen molar-refractivity contribution in [3.8, 4) is 0 Å². The van der Waals surface area contributed by atoms with Crippen molar-refractivity contribution in [3.05, 3.63) is 11.9 Å². The van der Waals surface area contributed by atoms with Crippen LogP contribution in [0.1, 0.15) is 24.6 Å². The van der Waals surface area contributed by atoms with Crippen molar-refractivity contribution in [1.29, 1.82) is 0 Å². The Bertz CT molecular complexity index is 566. The van der Waals surface area contributed by atoms with E-state index in [-0.39, 0.29) is 0 Å². The number of nitrogens with zero attached hydrogens (tertiary/aromatic N) is 4. The molecule has 1 fully saturated rings. The summed E-state index contributed by atoms with van der Waals surface area (Å²) in [6, 6.07) is 1.79. The number of nitrogen functional groups attached to an aromatic ring is 1. The van der Waals surface area contributed by atoms with Crippen molar-refractivity contribution < 1.29 is 0 Å². The molecule has 0 atom stereocenters. The molecule has 0 aliphatic heterocycles. The van der Waals surface area contributed by atoms with Crippen molar-refractivity contribution in [2.45, 2.75) is 32.5 Å². The number of hydrogen-bond acceptors (Lipinski definition) is 8. The second kappa shape index (κ2) is 5.02. The van der Waals surface area contributed by atoms with Crippen LogP contribution in [0.2, 0.25) is 0 Å². The van der Waals surface area contributed by atoms with Gasteiger partial charge in [0.2, 0.25) is 0 Å². The first-order valence-electron chi connectivity index (χ1n) is 5.44. The van der Waals surface area contributed by atoms with E-state index >= 15 is 0 Å². The molecule has 3 rings (SSSR count). The minimum atomic E-state index is 0.504. The summed E-state index contributed by atoms with van der Waals surface area (Å²) in [5.74, 6) is 1.90. The molecule has 1 aliphatic rings.